The van der Waals surface area contributed by atoms with Gasteiger partial charge in [0.25, 0.3) is 0 Å². The molecular weight excluding hydrogens is 394 g/mol. The van der Waals surface area contributed by atoms with E-state index in [2.05, 4.69) is 21.2 Å². The Morgan fingerprint density at radius 2 is 1.92 bits per heavy atom. The standard InChI is InChI=1S/C17H22BrN3O2.ClH/c1-19-13-6-8-20(9-7-13)17(23)12-10-16(22)21(11-12)15-5-3-2-4-14(15)18;/h2-5,12-13,19H,6-11H2,1H3;1H. The number of halogens is 2. The summed E-state index contributed by atoms with van der Waals surface area (Å²) in [5.41, 5.74) is 0.849. The van der Waals surface area contributed by atoms with E-state index in [1.54, 1.807) is 4.90 Å². The molecule has 1 unspecified atom stereocenters. The molecule has 0 saturated carbocycles. The normalized spacial score (nSPS) is 21.8. The van der Waals surface area contributed by atoms with Crippen molar-refractivity contribution in [2.75, 3.05) is 31.6 Å². The van der Waals surface area contributed by atoms with E-state index in [-0.39, 0.29) is 30.1 Å². The highest BCUT2D eigenvalue weighted by atomic mass is 79.9. The average Bonchev–Trinajstić information content (AvgIpc) is 2.96. The van der Waals surface area contributed by atoms with Crippen LogP contribution in [-0.2, 0) is 9.59 Å². The fourth-order valence-corrected chi connectivity index (χ4v) is 3.92. The summed E-state index contributed by atoms with van der Waals surface area (Å²) in [6.45, 7) is 2.04. The van der Waals surface area contributed by atoms with Crippen LogP contribution in [0, 0.1) is 5.92 Å². The van der Waals surface area contributed by atoms with E-state index in [4.69, 9.17) is 0 Å². The molecule has 2 fully saturated rings. The minimum Gasteiger partial charge on any atom is -0.342 e. The number of nitrogens with one attached hydrogen (secondary N) is 1. The van der Waals surface area contributed by atoms with Crippen LogP contribution in [0.15, 0.2) is 28.7 Å². The third-order valence-corrected chi connectivity index (χ3v) is 5.50. The van der Waals surface area contributed by atoms with E-state index in [1.807, 2.05) is 36.2 Å². The monoisotopic (exact) mass is 415 g/mol. The van der Waals surface area contributed by atoms with Crippen molar-refractivity contribution in [2.24, 2.45) is 5.92 Å². The van der Waals surface area contributed by atoms with Crippen LogP contribution >= 0.6 is 28.3 Å². The van der Waals surface area contributed by atoms with Crippen molar-refractivity contribution in [1.82, 2.24) is 10.2 Å². The maximum atomic E-state index is 12.7. The van der Waals surface area contributed by atoms with E-state index >= 15 is 0 Å². The molecule has 2 aliphatic rings. The zero-order valence-corrected chi connectivity index (χ0v) is 16.1. The molecule has 5 nitrogen and oxygen atoms in total. The number of amides is 2. The van der Waals surface area contributed by atoms with Gasteiger partial charge in [-0.1, -0.05) is 12.1 Å². The molecule has 132 valence electrons. The summed E-state index contributed by atoms with van der Waals surface area (Å²) in [5, 5.41) is 3.27. The molecule has 3 rings (SSSR count). The van der Waals surface area contributed by atoms with Gasteiger partial charge in [-0.25, -0.2) is 0 Å². The van der Waals surface area contributed by atoms with Gasteiger partial charge in [0.05, 0.1) is 11.6 Å². The minimum absolute atomic E-state index is 0. The van der Waals surface area contributed by atoms with Crippen LogP contribution in [-0.4, -0.2) is 49.4 Å². The molecule has 1 aromatic rings. The van der Waals surface area contributed by atoms with Crippen molar-refractivity contribution in [3.05, 3.63) is 28.7 Å². The van der Waals surface area contributed by atoms with Gasteiger partial charge < -0.3 is 15.1 Å². The maximum absolute atomic E-state index is 12.7. The number of para-hydroxylation sites is 1. The van der Waals surface area contributed by atoms with Gasteiger partial charge in [-0.2, -0.15) is 0 Å². The number of rotatable bonds is 3. The Hall–Kier alpha value is -1.11. The highest BCUT2D eigenvalue weighted by Crippen LogP contribution is 2.32. The molecule has 0 aliphatic carbocycles. The smallest absolute Gasteiger partial charge is 0.228 e. The van der Waals surface area contributed by atoms with Gasteiger partial charge in [0.1, 0.15) is 0 Å². The summed E-state index contributed by atoms with van der Waals surface area (Å²) in [4.78, 5) is 28.7. The van der Waals surface area contributed by atoms with Crippen LogP contribution in [0.2, 0.25) is 0 Å². The van der Waals surface area contributed by atoms with Crippen molar-refractivity contribution in [2.45, 2.75) is 25.3 Å². The number of piperidine rings is 1. The number of nitrogens with zero attached hydrogens (tertiary/aromatic N) is 2. The summed E-state index contributed by atoms with van der Waals surface area (Å²) in [5.74, 6) is -0.0661. The van der Waals surface area contributed by atoms with Crippen molar-refractivity contribution < 1.29 is 9.59 Å². The van der Waals surface area contributed by atoms with E-state index in [9.17, 15) is 9.59 Å². The lowest BCUT2D eigenvalue weighted by Gasteiger charge is -2.33. The van der Waals surface area contributed by atoms with Crippen LogP contribution in [0.3, 0.4) is 0 Å². The van der Waals surface area contributed by atoms with Gasteiger partial charge >= 0.3 is 0 Å². The van der Waals surface area contributed by atoms with Crippen LogP contribution in [0.25, 0.3) is 0 Å². The molecule has 2 heterocycles. The molecule has 1 atom stereocenters. The van der Waals surface area contributed by atoms with E-state index in [0.29, 0.717) is 19.0 Å². The fourth-order valence-electron chi connectivity index (χ4n) is 3.42. The van der Waals surface area contributed by atoms with Crippen molar-refractivity contribution >= 4 is 45.8 Å². The van der Waals surface area contributed by atoms with Gasteiger partial charge in [0, 0.05) is 36.6 Å². The molecule has 2 aliphatic heterocycles. The largest absolute Gasteiger partial charge is 0.342 e. The number of hydrogen-bond acceptors (Lipinski definition) is 3. The van der Waals surface area contributed by atoms with Gasteiger partial charge in [-0.05, 0) is 48.0 Å². The molecule has 7 heteroatoms. The summed E-state index contributed by atoms with van der Waals surface area (Å²) >= 11 is 3.49. The molecule has 1 aromatic carbocycles. The first kappa shape index (κ1) is 19.2. The first-order valence-corrected chi connectivity index (χ1v) is 8.90. The topological polar surface area (TPSA) is 52.7 Å². The highest BCUT2D eigenvalue weighted by molar-refractivity contribution is 9.10. The minimum atomic E-state index is -0.222. The van der Waals surface area contributed by atoms with E-state index in [1.165, 1.54) is 0 Å². The lowest BCUT2D eigenvalue weighted by Crippen LogP contribution is -2.46. The predicted octanol–water partition coefficient (Wildman–Crippen LogP) is 2.43. The van der Waals surface area contributed by atoms with E-state index in [0.717, 1.165) is 36.1 Å². The Balaban J connectivity index is 0.00000208. The SMILES string of the molecule is CNC1CCN(C(=O)C2CC(=O)N(c3ccccc3Br)C2)CC1.Cl. The number of anilines is 1. The Labute approximate surface area is 157 Å². The van der Waals surface area contributed by atoms with Crippen molar-refractivity contribution in [1.29, 1.82) is 0 Å². The number of carbonyl (C=O) groups excluding carboxylic acids is 2. The molecule has 2 saturated heterocycles. The average molecular weight is 417 g/mol. The number of likely N-dealkylation sites (tertiary alicyclic amines) is 1. The highest BCUT2D eigenvalue weighted by Gasteiger charge is 2.38. The van der Waals surface area contributed by atoms with Gasteiger partial charge in [0.15, 0.2) is 0 Å². The molecule has 0 radical (unpaired) electrons. The summed E-state index contributed by atoms with van der Waals surface area (Å²) in [6.07, 6.45) is 2.28. The summed E-state index contributed by atoms with van der Waals surface area (Å²) < 4.78 is 0.885. The molecular formula is C17H23BrClN3O2. The number of hydrogen-bond donors (Lipinski definition) is 1. The van der Waals surface area contributed by atoms with Gasteiger partial charge in [-0.15, -0.1) is 12.4 Å². The lowest BCUT2D eigenvalue weighted by atomic mass is 10.0. The lowest BCUT2D eigenvalue weighted by molar-refractivity contribution is -0.136. The van der Waals surface area contributed by atoms with Crippen LogP contribution in [0.4, 0.5) is 5.69 Å². The molecule has 0 bridgehead atoms. The molecule has 0 aromatic heterocycles. The second kappa shape index (κ2) is 8.32. The third-order valence-electron chi connectivity index (χ3n) is 4.83. The first-order valence-electron chi connectivity index (χ1n) is 8.11. The summed E-state index contributed by atoms with van der Waals surface area (Å²) in [7, 11) is 1.97. The molecule has 1 N–H and O–H groups in total. The number of benzene rings is 1. The predicted molar refractivity (Wildman–Crippen MR) is 101 cm³/mol. The zero-order valence-electron chi connectivity index (χ0n) is 13.7. The van der Waals surface area contributed by atoms with E-state index < -0.39 is 0 Å². The molecule has 24 heavy (non-hydrogen) atoms. The second-order valence-electron chi connectivity index (χ2n) is 6.25. The second-order valence-corrected chi connectivity index (χ2v) is 7.10. The van der Waals surface area contributed by atoms with Crippen molar-refractivity contribution in [3.8, 4) is 0 Å². The molecule has 0 spiro atoms. The Morgan fingerprint density at radius 3 is 2.54 bits per heavy atom. The maximum Gasteiger partial charge on any atom is 0.228 e. The zero-order chi connectivity index (χ0) is 16.4. The number of carbonyl (C=O) groups is 2. The summed E-state index contributed by atoms with van der Waals surface area (Å²) in [6, 6.07) is 8.15. The Bertz CT molecular complexity index is 605. The fraction of sp³-hybridized carbons (Fsp3) is 0.529. The van der Waals surface area contributed by atoms with Crippen LogP contribution in [0.1, 0.15) is 19.3 Å². The Kier molecular flexibility index (Phi) is 6.66. The quantitative estimate of drug-likeness (QED) is 0.823. The first-order chi connectivity index (χ1) is 11.1. The van der Waals surface area contributed by atoms with Crippen LogP contribution in [0.5, 0.6) is 0 Å². The van der Waals surface area contributed by atoms with Gasteiger partial charge in [0.2, 0.25) is 11.8 Å². The van der Waals surface area contributed by atoms with Crippen molar-refractivity contribution in [3.63, 3.8) is 0 Å². The third kappa shape index (κ3) is 3.92. The van der Waals surface area contributed by atoms with Gasteiger partial charge in [-0.3, -0.25) is 9.59 Å². The van der Waals surface area contributed by atoms with Crippen LogP contribution < -0.4 is 10.2 Å². The molecule has 2 amide bonds. The Morgan fingerprint density at radius 1 is 1.25 bits per heavy atom.